The van der Waals surface area contributed by atoms with E-state index in [2.05, 4.69) is 24.1 Å². The number of anilines is 1. The van der Waals surface area contributed by atoms with Crippen LogP contribution in [0.4, 0.5) is 5.13 Å². The van der Waals surface area contributed by atoms with E-state index < -0.39 is 15.9 Å². The summed E-state index contributed by atoms with van der Waals surface area (Å²) in [6.07, 6.45) is 1.02. The molecule has 6 nitrogen and oxygen atoms in total. The second-order valence-corrected chi connectivity index (χ2v) is 12.4. The van der Waals surface area contributed by atoms with E-state index in [1.54, 1.807) is 18.2 Å². The van der Waals surface area contributed by atoms with Crippen LogP contribution in [-0.4, -0.2) is 36.7 Å². The second kappa shape index (κ2) is 8.99. The van der Waals surface area contributed by atoms with Gasteiger partial charge in [0, 0.05) is 24.0 Å². The van der Waals surface area contributed by atoms with Crippen LogP contribution in [-0.2, 0) is 10.0 Å². The molecule has 0 saturated carbocycles. The van der Waals surface area contributed by atoms with Crippen molar-refractivity contribution in [3.8, 4) is 10.6 Å². The summed E-state index contributed by atoms with van der Waals surface area (Å²) < 4.78 is 28.5. The second-order valence-electron chi connectivity index (χ2n) is 7.89. The van der Waals surface area contributed by atoms with Gasteiger partial charge < -0.3 is 0 Å². The number of piperidine rings is 1. The average Bonchev–Trinajstić information content (AvgIpc) is 3.36. The predicted octanol–water partition coefficient (Wildman–Crippen LogP) is 5.44. The van der Waals surface area contributed by atoms with E-state index in [0.29, 0.717) is 34.4 Å². The highest BCUT2D eigenvalue weighted by Crippen LogP contribution is 2.33. The first-order chi connectivity index (χ1) is 14.7. The molecule has 4 rings (SSSR count). The van der Waals surface area contributed by atoms with Crippen LogP contribution < -0.4 is 5.32 Å². The number of thiophene rings is 1. The lowest BCUT2D eigenvalue weighted by Gasteiger charge is -2.34. The molecule has 1 aliphatic rings. The summed E-state index contributed by atoms with van der Waals surface area (Å²) >= 11 is 8.69. The first kappa shape index (κ1) is 22.4. The Labute approximate surface area is 194 Å². The van der Waals surface area contributed by atoms with E-state index in [0.717, 1.165) is 17.0 Å². The maximum absolute atomic E-state index is 13.1. The number of rotatable bonds is 5. The maximum Gasteiger partial charge on any atom is 0.257 e. The highest BCUT2D eigenvalue weighted by molar-refractivity contribution is 7.89. The van der Waals surface area contributed by atoms with Gasteiger partial charge in [0.15, 0.2) is 5.13 Å². The minimum Gasteiger partial charge on any atom is -0.298 e. The molecular formula is C21H22ClN3O3S3. The first-order valence-electron chi connectivity index (χ1n) is 9.85. The molecule has 0 unspecified atom stereocenters. The van der Waals surface area contributed by atoms with Crippen molar-refractivity contribution in [2.45, 2.75) is 25.2 Å². The molecule has 3 aromatic rings. The number of nitrogens with one attached hydrogen (secondary N) is 1. The quantitative estimate of drug-likeness (QED) is 0.510. The van der Waals surface area contributed by atoms with Crippen LogP contribution in [0, 0.1) is 11.8 Å². The lowest BCUT2D eigenvalue weighted by atomic mass is 9.94. The van der Waals surface area contributed by atoms with Gasteiger partial charge in [0.2, 0.25) is 10.0 Å². The summed E-state index contributed by atoms with van der Waals surface area (Å²) in [5.41, 5.74) is 1.01. The summed E-state index contributed by atoms with van der Waals surface area (Å²) in [5.74, 6) is 0.215. The van der Waals surface area contributed by atoms with Gasteiger partial charge in [0.25, 0.3) is 5.91 Å². The normalized spacial score (nSPS) is 20.0. The number of nitrogens with zero attached hydrogens (tertiary/aromatic N) is 2. The first-order valence-corrected chi connectivity index (χ1v) is 13.4. The van der Waals surface area contributed by atoms with Crippen molar-refractivity contribution in [2.75, 3.05) is 18.4 Å². The highest BCUT2D eigenvalue weighted by atomic mass is 35.5. The van der Waals surface area contributed by atoms with Crippen LogP contribution in [0.1, 0.15) is 30.6 Å². The Morgan fingerprint density at radius 2 is 1.94 bits per heavy atom. The standard InChI is InChI=1S/C21H22ClN3O3S3/c1-13-8-14(2)11-25(10-13)31(27,28)16-5-3-4-15(9-16)20(26)24-21-23-17(12-29-21)18-6-7-19(22)30-18/h3-7,9,12-14H,8,10-11H2,1-2H3,(H,23,24,26)/t13-,14-/m0/s1. The van der Waals surface area contributed by atoms with E-state index in [-0.39, 0.29) is 10.5 Å². The van der Waals surface area contributed by atoms with Crippen LogP contribution in [0.3, 0.4) is 0 Å². The van der Waals surface area contributed by atoms with E-state index in [1.807, 2.05) is 11.4 Å². The summed E-state index contributed by atoms with van der Waals surface area (Å²) in [6.45, 7) is 5.12. The zero-order valence-electron chi connectivity index (χ0n) is 17.0. The number of halogens is 1. The van der Waals surface area contributed by atoms with Gasteiger partial charge in [-0.1, -0.05) is 31.5 Å². The van der Waals surface area contributed by atoms with Gasteiger partial charge in [-0.05, 0) is 48.6 Å². The van der Waals surface area contributed by atoms with Crippen LogP contribution in [0.5, 0.6) is 0 Å². The van der Waals surface area contributed by atoms with Crippen LogP contribution >= 0.6 is 34.3 Å². The molecule has 0 spiro atoms. The van der Waals surface area contributed by atoms with Gasteiger partial charge in [-0.2, -0.15) is 4.31 Å². The fourth-order valence-corrected chi connectivity index (χ4v) is 7.32. The molecule has 164 valence electrons. The fourth-order valence-electron chi connectivity index (χ4n) is 3.81. The number of carbonyl (C=O) groups excluding carboxylic acids is 1. The molecule has 1 amide bonds. The number of thiazole rings is 1. The van der Waals surface area contributed by atoms with Gasteiger partial charge in [-0.15, -0.1) is 22.7 Å². The van der Waals surface area contributed by atoms with Crippen molar-refractivity contribution < 1.29 is 13.2 Å². The smallest absolute Gasteiger partial charge is 0.257 e. The van der Waals surface area contributed by atoms with E-state index >= 15 is 0 Å². The van der Waals surface area contributed by atoms with Gasteiger partial charge >= 0.3 is 0 Å². The highest BCUT2D eigenvalue weighted by Gasteiger charge is 2.32. The zero-order valence-corrected chi connectivity index (χ0v) is 20.2. The fraction of sp³-hybridized carbons (Fsp3) is 0.333. The van der Waals surface area contributed by atoms with E-state index in [9.17, 15) is 13.2 Å². The van der Waals surface area contributed by atoms with E-state index in [4.69, 9.17) is 11.6 Å². The lowest BCUT2D eigenvalue weighted by Crippen LogP contribution is -2.42. The Balaban J connectivity index is 1.51. The summed E-state index contributed by atoms with van der Waals surface area (Å²) in [7, 11) is -3.66. The molecular weight excluding hydrogens is 474 g/mol. The Hall–Kier alpha value is -1.78. The Morgan fingerprint density at radius 3 is 2.61 bits per heavy atom. The third kappa shape index (κ3) is 5.01. The molecule has 1 N–H and O–H groups in total. The molecule has 1 aliphatic heterocycles. The van der Waals surface area contributed by atoms with Crippen molar-refractivity contribution in [3.63, 3.8) is 0 Å². The third-order valence-corrected chi connectivity index (χ3v) is 8.96. The predicted molar refractivity (Wildman–Crippen MR) is 127 cm³/mol. The SMILES string of the molecule is C[C@H]1C[C@H](C)CN(S(=O)(=O)c2cccc(C(=O)Nc3nc(-c4ccc(Cl)s4)cs3)c2)C1. The molecule has 31 heavy (non-hydrogen) atoms. The van der Waals surface area contributed by atoms with Crippen molar-refractivity contribution >= 4 is 55.3 Å². The van der Waals surface area contributed by atoms with Gasteiger partial charge in [0.1, 0.15) is 0 Å². The number of amides is 1. The molecule has 0 bridgehead atoms. The van der Waals surface area contributed by atoms with Crippen molar-refractivity contribution in [1.29, 1.82) is 0 Å². The average molecular weight is 496 g/mol. The zero-order chi connectivity index (χ0) is 22.2. The Bertz CT molecular complexity index is 1200. The lowest BCUT2D eigenvalue weighted by molar-refractivity contribution is 0.102. The molecule has 1 aromatic carbocycles. The number of carbonyl (C=O) groups is 1. The molecule has 2 atom stereocenters. The van der Waals surface area contributed by atoms with Crippen LogP contribution in [0.25, 0.3) is 10.6 Å². The molecule has 2 aromatic heterocycles. The van der Waals surface area contributed by atoms with Crippen LogP contribution in [0.2, 0.25) is 4.34 Å². The Morgan fingerprint density at radius 1 is 1.19 bits per heavy atom. The minimum absolute atomic E-state index is 0.134. The van der Waals surface area contributed by atoms with Crippen molar-refractivity contribution in [1.82, 2.24) is 9.29 Å². The number of benzene rings is 1. The van der Waals surface area contributed by atoms with Gasteiger partial charge in [0.05, 0.1) is 19.8 Å². The molecule has 1 saturated heterocycles. The number of hydrogen-bond acceptors (Lipinski definition) is 6. The molecule has 1 fully saturated rings. The summed E-state index contributed by atoms with van der Waals surface area (Å²) in [5, 5.41) is 5.04. The minimum atomic E-state index is -3.66. The molecule has 0 radical (unpaired) electrons. The van der Waals surface area contributed by atoms with Crippen LogP contribution in [0.15, 0.2) is 46.7 Å². The maximum atomic E-state index is 13.1. The van der Waals surface area contributed by atoms with Crippen molar-refractivity contribution in [3.05, 3.63) is 51.7 Å². The number of sulfonamides is 1. The number of aromatic nitrogens is 1. The summed E-state index contributed by atoms with van der Waals surface area (Å²) in [4.78, 5) is 18.2. The summed E-state index contributed by atoms with van der Waals surface area (Å²) in [6, 6.07) is 9.85. The van der Waals surface area contributed by atoms with Crippen molar-refractivity contribution in [2.24, 2.45) is 11.8 Å². The largest absolute Gasteiger partial charge is 0.298 e. The third-order valence-electron chi connectivity index (χ3n) is 5.12. The number of hydrogen-bond donors (Lipinski definition) is 1. The van der Waals surface area contributed by atoms with Gasteiger partial charge in [-0.25, -0.2) is 13.4 Å². The Kier molecular flexibility index (Phi) is 6.50. The van der Waals surface area contributed by atoms with Gasteiger partial charge in [-0.3, -0.25) is 10.1 Å². The molecule has 0 aliphatic carbocycles. The monoisotopic (exact) mass is 495 g/mol. The van der Waals surface area contributed by atoms with E-state index in [1.165, 1.54) is 39.1 Å². The molecule has 10 heteroatoms. The topological polar surface area (TPSA) is 79.4 Å². The molecule has 3 heterocycles.